The van der Waals surface area contributed by atoms with E-state index in [-0.39, 0.29) is 22.7 Å². The minimum absolute atomic E-state index is 0.178. The number of fused-ring (bicyclic) bond motifs is 3. The van der Waals surface area contributed by atoms with E-state index in [1.807, 2.05) is 13.1 Å². The number of carbonyl (C=O) groups excluding carboxylic acids is 2. The topological polar surface area (TPSA) is 196 Å². The molecule has 2 fully saturated rings. The number of hydrogen-bond acceptors (Lipinski definition) is 9. The van der Waals surface area contributed by atoms with Crippen molar-refractivity contribution in [2.45, 2.75) is 58.0 Å². The summed E-state index contributed by atoms with van der Waals surface area (Å²) in [6.07, 6.45) is 9.54. The van der Waals surface area contributed by atoms with Crippen LogP contribution in [0.25, 0.3) is 5.52 Å². The predicted molar refractivity (Wildman–Crippen MR) is 181 cm³/mol. The third-order valence-corrected chi connectivity index (χ3v) is 9.43. The molecule has 1 saturated carbocycles. The van der Waals surface area contributed by atoms with Gasteiger partial charge in [-0.15, -0.1) is 0 Å². The average Bonchev–Trinajstić information content (AvgIpc) is 3.83. The number of halogens is 2. The summed E-state index contributed by atoms with van der Waals surface area (Å²) in [4.78, 5) is 54.2. The standard InChI is InChI=1S/C13H19N5O.C11H10BrClN2O2.C7H8N2O2/c1-10-11(19-7-6-17-4-2-3-5-17)8-18-12(10)13(14)15-9-16-18;12-6-5-7(13)8-9(16)14-11(3-1-2-4-11)15(8)10(6)17;1-4-2-3-5(10)9-6(4)7(8)11/h8-9H,2-7H2,1H3,(H2,14,15,16);5H,1-4H2,(H,14,16);2-3H,1H3,(H2,8,11)(H,9,10). The van der Waals surface area contributed by atoms with Crippen LogP contribution in [0, 0.1) is 13.8 Å². The molecule has 3 aliphatic rings. The van der Waals surface area contributed by atoms with E-state index >= 15 is 0 Å². The normalized spacial score (nSPS) is 16.3. The van der Waals surface area contributed by atoms with E-state index < -0.39 is 11.6 Å². The molecule has 6 heterocycles. The monoisotopic (exact) mass is 729 g/mol. The molecule has 2 aliphatic heterocycles. The van der Waals surface area contributed by atoms with E-state index in [0.717, 1.165) is 49.1 Å². The number of carbonyl (C=O) groups is 2. The van der Waals surface area contributed by atoms with Gasteiger partial charge in [-0.25, -0.2) is 9.50 Å². The molecule has 1 aliphatic carbocycles. The third kappa shape index (κ3) is 7.21. The van der Waals surface area contributed by atoms with Crippen LogP contribution in [0.2, 0.25) is 5.02 Å². The Morgan fingerprint density at radius 1 is 1.13 bits per heavy atom. The first-order valence-corrected chi connectivity index (χ1v) is 16.5. The van der Waals surface area contributed by atoms with Crippen molar-refractivity contribution in [3.05, 3.63) is 83.4 Å². The van der Waals surface area contributed by atoms with Crippen molar-refractivity contribution in [2.75, 3.05) is 32.0 Å². The molecule has 16 heteroatoms. The maximum Gasteiger partial charge on any atom is 0.271 e. The molecule has 6 N–H and O–H groups in total. The molecule has 0 aromatic carbocycles. The van der Waals surface area contributed by atoms with Gasteiger partial charge >= 0.3 is 0 Å². The highest BCUT2D eigenvalue weighted by molar-refractivity contribution is 9.10. The Kier molecular flexibility index (Phi) is 10.4. The molecule has 0 atom stereocenters. The lowest BCUT2D eigenvalue weighted by molar-refractivity contribution is 0.0919. The van der Waals surface area contributed by atoms with Gasteiger partial charge in [-0.05, 0) is 93.0 Å². The quantitative estimate of drug-likeness (QED) is 0.239. The molecule has 0 unspecified atom stereocenters. The van der Waals surface area contributed by atoms with Gasteiger partial charge in [0.25, 0.3) is 17.4 Å². The van der Waals surface area contributed by atoms with Crippen LogP contribution in [0.15, 0.2) is 44.8 Å². The number of H-pyrrole nitrogens is 1. The van der Waals surface area contributed by atoms with Gasteiger partial charge in [0.2, 0.25) is 5.56 Å². The minimum Gasteiger partial charge on any atom is -0.490 e. The third-order valence-electron chi connectivity index (χ3n) is 8.58. The van der Waals surface area contributed by atoms with Gasteiger partial charge in [0.05, 0.1) is 15.7 Å². The number of primary amides is 1. The Morgan fingerprint density at radius 2 is 1.83 bits per heavy atom. The maximum absolute atomic E-state index is 12.2. The number of aromatic amines is 1. The van der Waals surface area contributed by atoms with Crippen molar-refractivity contribution in [2.24, 2.45) is 5.73 Å². The highest BCUT2D eigenvalue weighted by atomic mass is 79.9. The summed E-state index contributed by atoms with van der Waals surface area (Å²) in [6, 6.07) is 4.39. The van der Waals surface area contributed by atoms with Gasteiger partial charge in [-0.3, -0.25) is 28.6 Å². The molecule has 47 heavy (non-hydrogen) atoms. The van der Waals surface area contributed by atoms with Crippen LogP contribution in [-0.2, 0) is 5.66 Å². The largest absolute Gasteiger partial charge is 0.490 e. The van der Waals surface area contributed by atoms with E-state index in [1.54, 1.807) is 17.5 Å². The van der Waals surface area contributed by atoms with Crippen molar-refractivity contribution in [1.29, 1.82) is 0 Å². The molecule has 4 aromatic heterocycles. The van der Waals surface area contributed by atoms with Gasteiger partial charge < -0.3 is 26.5 Å². The summed E-state index contributed by atoms with van der Waals surface area (Å²) in [7, 11) is 0. The van der Waals surface area contributed by atoms with Crippen LogP contribution < -0.4 is 32.6 Å². The predicted octanol–water partition coefficient (Wildman–Crippen LogP) is 3.11. The summed E-state index contributed by atoms with van der Waals surface area (Å²) in [5, 5.41) is 7.38. The lowest BCUT2D eigenvalue weighted by atomic mass is 10.1. The number of hydrogen-bond donors (Lipinski definition) is 4. The number of ether oxygens (including phenoxy) is 1. The highest BCUT2D eigenvalue weighted by Crippen LogP contribution is 2.39. The summed E-state index contributed by atoms with van der Waals surface area (Å²) < 4.78 is 9.51. The number of likely N-dealkylation sites (tertiary alicyclic amines) is 1. The number of rotatable bonds is 5. The van der Waals surface area contributed by atoms with Crippen molar-refractivity contribution in [1.82, 2.24) is 34.4 Å². The maximum atomic E-state index is 12.2. The molecule has 1 spiro atoms. The number of pyridine rings is 2. The van der Waals surface area contributed by atoms with Crippen LogP contribution in [0.1, 0.15) is 70.6 Å². The number of anilines is 1. The number of nitrogens with two attached hydrogens (primary N) is 2. The number of nitrogen functional groups attached to an aromatic ring is 1. The molecular formula is C31H37BrClN9O5. The summed E-state index contributed by atoms with van der Waals surface area (Å²) in [5.41, 5.74) is 12.8. The van der Waals surface area contributed by atoms with Crippen molar-refractivity contribution < 1.29 is 14.3 Å². The number of amides is 2. The molecule has 0 bridgehead atoms. The van der Waals surface area contributed by atoms with Crippen molar-refractivity contribution in [3.63, 3.8) is 0 Å². The smallest absolute Gasteiger partial charge is 0.271 e. The lowest BCUT2D eigenvalue weighted by Gasteiger charge is -2.26. The second kappa shape index (κ2) is 14.3. The zero-order valence-corrected chi connectivity index (χ0v) is 28.5. The zero-order valence-electron chi connectivity index (χ0n) is 26.1. The fourth-order valence-corrected chi connectivity index (χ4v) is 7.03. The summed E-state index contributed by atoms with van der Waals surface area (Å²) in [5.74, 6) is 0.468. The second-order valence-electron chi connectivity index (χ2n) is 11.7. The van der Waals surface area contributed by atoms with Gasteiger partial charge in [0, 0.05) is 18.2 Å². The van der Waals surface area contributed by atoms with Crippen LogP contribution in [0.5, 0.6) is 5.75 Å². The van der Waals surface area contributed by atoms with Crippen LogP contribution in [-0.4, -0.2) is 67.1 Å². The molecule has 14 nitrogen and oxygen atoms in total. The van der Waals surface area contributed by atoms with E-state index in [0.29, 0.717) is 33.2 Å². The molecule has 1 saturated heterocycles. The Hall–Kier alpha value is -4.21. The van der Waals surface area contributed by atoms with Crippen molar-refractivity contribution in [3.8, 4) is 5.75 Å². The van der Waals surface area contributed by atoms with E-state index in [9.17, 15) is 19.2 Å². The first kappa shape index (κ1) is 34.1. The fourth-order valence-electron chi connectivity index (χ4n) is 6.22. The Balaban J connectivity index is 0.000000144. The van der Waals surface area contributed by atoms with Gasteiger partial charge in [-0.1, -0.05) is 17.7 Å². The summed E-state index contributed by atoms with van der Waals surface area (Å²) in [6.45, 7) is 7.76. The Bertz CT molecular complexity index is 1930. The molecule has 2 amide bonds. The summed E-state index contributed by atoms with van der Waals surface area (Å²) >= 11 is 9.25. The second-order valence-corrected chi connectivity index (χ2v) is 13.0. The number of aryl methyl sites for hydroxylation is 2. The minimum atomic E-state index is -0.611. The average molecular weight is 731 g/mol. The first-order valence-electron chi connectivity index (χ1n) is 15.3. The van der Waals surface area contributed by atoms with Crippen LogP contribution in [0.3, 0.4) is 0 Å². The number of nitrogens with one attached hydrogen (secondary N) is 2. The first-order chi connectivity index (χ1) is 22.4. The number of aromatic nitrogens is 5. The Labute approximate surface area is 283 Å². The molecular weight excluding hydrogens is 694 g/mol. The molecule has 7 rings (SSSR count). The van der Waals surface area contributed by atoms with Gasteiger partial charge in [0.1, 0.15) is 41.3 Å². The lowest BCUT2D eigenvalue weighted by Crippen LogP contribution is -2.45. The van der Waals surface area contributed by atoms with Gasteiger partial charge in [-0.2, -0.15) is 5.10 Å². The Morgan fingerprint density at radius 3 is 2.47 bits per heavy atom. The molecule has 0 radical (unpaired) electrons. The molecule has 250 valence electrons. The van der Waals surface area contributed by atoms with E-state index in [4.69, 9.17) is 27.8 Å². The van der Waals surface area contributed by atoms with E-state index in [1.165, 1.54) is 49.0 Å². The van der Waals surface area contributed by atoms with E-state index in [2.05, 4.69) is 41.2 Å². The van der Waals surface area contributed by atoms with Crippen LogP contribution in [0.4, 0.5) is 5.82 Å². The van der Waals surface area contributed by atoms with Crippen molar-refractivity contribution >= 4 is 50.7 Å². The number of nitrogens with zero attached hydrogens (tertiary/aromatic N) is 5. The fraction of sp³-hybridized carbons (Fsp3) is 0.419. The zero-order chi connectivity index (χ0) is 33.9. The molecule has 4 aromatic rings. The van der Waals surface area contributed by atoms with Gasteiger partial charge in [0.15, 0.2) is 5.82 Å². The van der Waals surface area contributed by atoms with Crippen LogP contribution >= 0.6 is 27.5 Å². The SMILES string of the molecule is Cc1c(OCCN2CCCC2)cn2ncnc(N)c12.Cc1ccc(=O)[nH]c1C(N)=O.O=C1NC2(CCCC2)n2c1c(Cl)cc(Br)c2=O. The highest BCUT2D eigenvalue weighted by Gasteiger charge is 2.46.